The first-order chi connectivity index (χ1) is 16.4. The Morgan fingerprint density at radius 3 is 1.57 bits per heavy atom. The van der Waals surface area contributed by atoms with E-state index in [0.717, 1.165) is 20.8 Å². The monoisotopic (exact) mass is 640 g/mol. The van der Waals surface area contributed by atoms with Crippen LogP contribution in [0.25, 0.3) is 0 Å². The topological polar surface area (TPSA) is 217 Å². The van der Waals surface area contributed by atoms with Gasteiger partial charge >= 0.3 is 5.97 Å². The highest BCUT2D eigenvalue weighted by Gasteiger charge is 2.64. The van der Waals surface area contributed by atoms with Gasteiger partial charge < -0.3 is 0 Å². The molecule has 2 unspecified atom stereocenters. The third-order valence-corrected chi connectivity index (χ3v) is 10.5. The van der Waals surface area contributed by atoms with Gasteiger partial charge in [-0.2, -0.15) is 42.1 Å². The lowest BCUT2D eigenvalue weighted by Gasteiger charge is -2.42. The molecule has 0 saturated heterocycles. The van der Waals surface area contributed by atoms with Crippen LogP contribution in [0.1, 0.15) is 60.8 Å². The minimum absolute atomic E-state index is 0.00655. The van der Waals surface area contributed by atoms with Crippen LogP contribution < -0.4 is 0 Å². The lowest BCUT2D eigenvalue weighted by atomic mass is 10.1. The average Bonchev–Trinajstić information content (AvgIpc) is 2.68. The molecule has 0 N–H and O–H groups in total. The molecule has 37 heavy (non-hydrogen) atoms. The van der Waals surface area contributed by atoms with E-state index in [0.29, 0.717) is 19.6 Å². The van der Waals surface area contributed by atoms with Gasteiger partial charge in [-0.05, 0) is 40.5 Å². The van der Waals surface area contributed by atoms with Crippen molar-refractivity contribution in [1.82, 2.24) is 0 Å². The van der Waals surface area contributed by atoms with E-state index in [1.165, 1.54) is 6.92 Å². The quantitative estimate of drug-likeness (QED) is 0.138. The van der Waals surface area contributed by atoms with E-state index in [1.54, 1.807) is 6.92 Å². The fraction of sp³-hybridized carbons (Fsp3) is 1.00. The van der Waals surface area contributed by atoms with Crippen molar-refractivity contribution >= 4 is 50.6 Å². The summed E-state index contributed by atoms with van der Waals surface area (Å²) in [4.78, 5) is 0. The summed E-state index contributed by atoms with van der Waals surface area (Å²) in [6, 6.07) is 0. The highest BCUT2D eigenvalue weighted by molar-refractivity contribution is 7.88. The summed E-state index contributed by atoms with van der Waals surface area (Å²) in [5, 5.41) is -1.48. The molecule has 0 aliphatic rings. The molecule has 2 atom stereocenters. The summed E-state index contributed by atoms with van der Waals surface area (Å²) < 4.78 is 149. The summed E-state index contributed by atoms with van der Waals surface area (Å²) in [6.07, 6.45) is 0.754. The molecule has 0 saturated carbocycles. The van der Waals surface area contributed by atoms with Crippen LogP contribution in [0.2, 0.25) is 0 Å². The van der Waals surface area contributed by atoms with Crippen molar-refractivity contribution in [2.75, 3.05) is 30.1 Å². The van der Waals surface area contributed by atoms with Crippen LogP contribution in [0.4, 0.5) is 0 Å². The summed E-state index contributed by atoms with van der Waals surface area (Å²) >= 11 is 0. The van der Waals surface area contributed by atoms with Gasteiger partial charge in [0, 0.05) is 0 Å². The minimum Gasteiger partial charge on any atom is -0.267 e. The molecule has 0 heterocycles. The van der Waals surface area contributed by atoms with Crippen LogP contribution in [0.15, 0.2) is 0 Å². The Bertz CT molecular complexity index is 1280. The smallest absolute Gasteiger partial charge is 0.267 e. The third-order valence-electron chi connectivity index (χ3n) is 4.34. The van der Waals surface area contributed by atoms with Crippen molar-refractivity contribution in [3.8, 4) is 0 Å². The van der Waals surface area contributed by atoms with E-state index in [4.69, 9.17) is 16.7 Å². The Balaban J connectivity index is 7.66. The molecule has 15 nitrogen and oxygen atoms in total. The van der Waals surface area contributed by atoms with Gasteiger partial charge in [-0.1, -0.05) is 20.3 Å². The van der Waals surface area contributed by atoms with Gasteiger partial charge in [-0.15, -0.1) is 0 Å². The molecule has 0 aliphatic heterocycles. The van der Waals surface area contributed by atoms with Crippen LogP contribution in [-0.2, 0) is 71.5 Å². The zero-order valence-electron chi connectivity index (χ0n) is 21.7. The molecular weight excluding hydrogens is 605 g/mol. The van der Waals surface area contributed by atoms with Gasteiger partial charge in [0.2, 0.25) is 0 Å². The fourth-order valence-electron chi connectivity index (χ4n) is 2.27. The molecule has 0 aromatic heterocycles. The van der Waals surface area contributed by atoms with Crippen LogP contribution in [0.5, 0.6) is 0 Å². The molecule has 0 rings (SSSR count). The van der Waals surface area contributed by atoms with Gasteiger partial charge in [0.05, 0.1) is 28.8 Å². The number of rotatable bonds is 19. The molecule has 0 spiro atoms. The van der Waals surface area contributed by atoms with Crippen molar-refractivity contribution in [1.29, 1.82) is 0 Å². The summed E-state index contributed by atoms with van der Waals surface area (Å²) in [7, 11) is -24.1. The average molecular weight is 641 g/mol. The zero-order chi connectivity index (χ0) is 29.6. The normalized spacial score (nSPS) is 17.4. The van der Waals surface area contributed by atoms with Crippen molar-refractivity contribution in [2.45, 2.75) is 77.6 Å². The molecule has 0 aromatic rings. The standard InChI is InChI=1S/C17H36O15S5/c1-8-11-13-36(24,25)29-16(6,14-28-33(7,18)19)17(30-34(20,21)10-3,31-35(22,23)12-9-2)32-37(26,27)15(4)5/h15H,8-14H2,1-7H3. The van der Waals surface area contributed by atoms with E-state index in [9.17, 15) is 42.1 Å². The predicted molar refractivity (Wildman–Crippen MR) is 133 cm³/mol. The summed E-state index contributed by atoms with van der Waals surface area (Å²) in [6.45, 7) is 5.28. The summed E-state index contributed by atoms with van der Waals surface area (Å²) in [5.74, 6) is -6.39. The van der Waals surface area contributed by atoms with Crippen LogP contribution in [-0.4, -0.2) is 89.0 Å². The Labute approximate surface area is 220 Å². The molecule has 0 aromatic carbocycles. The van der Waals surface area contributed by atoms with Crippen LogP contribution in [0.3, 0.4) is 0 Å². The molecule has 0 amide bonds. The SMILES string of the molecule is CCCCS(=O)(=O)OC(C)(COS(C)(=O)=O)C(OS(=O)(=O)CC)(OS(=O)(=O)CCC)OS(=O)(=O)C(C)C. The van der Waals surface area contributed by atoms with Crippen molar-refractivity contribution < 1.29 is 63.0 Å². The molecule has 0 radical (unpaired) electrons. The first-order valence-corrected chi connectivity index (χ1v) is 19.0. The van der Waals surface area contributed by atoms with Gasteiger partial charge in [-0.25, -0.2) is 12.5 Å². The molecule has 0 fully saturated rings. The van der Waals surface area contributed by atoms with Gasteiger partial charge in [-0.3, -0.25) is 8.37 Å². The molecule has 224 valence electrons. The number of hydrogen-bond acceptors (Lipinski definition) is 15. The summed E-state index contributed by atoms with van der Waals surface area (Å²) in [5.41, 5.74) is -3.19. The highest BCUT2D eigenvalue weighted by atomic mass is 32.2. The highest BCUT2D eigenvalue weighted by Crippen LogP contribution is 2.40. The van der Waals surface area contributed by atoms with Gasteiger partial charge in [0.15, 0.2) is 5.60 Å². The predicted octanol–water partition coefficient (Wildman–Crippen LogP) is 0.399. The fourth-order valence-corrected chi connectivity index (χ4v) is 6.87. The van der Waals surface area contributed by atoms with Crippen LogP contribution in [0, 0.1) is 0 Å². The Hall–Kier alpha value is -0.450. The Kier molecular flexibility index (Phi) is 13.1. The second-order valence-electron chi connectivity index (χ2n) is 8.35. The molecule has 20 heteroatoms. The van der Waals surface area contributed by atoms with Crippen molar-refractivity contribution in [3.05, 3.63) is 0 Å². The minimum atomic E-state index is -4.99. The first-order valence-electron chi connectivity index (χ1n) is 11.0. The maximum Gasteiger partial charge on any atom is 0.360 e. The van der Waals surface area contributed by atoms with Crippen molar-refractivity contribution in [2.24, 2.45) is 0 Å². The maximum atomic E-state index is 12.8. The van der Waals surface area contributed by atoms with E-state index in [2.05, 4.69) is 4.18 Å². The molecular formula is C17H36O15S5. The third kappa shape index (κ3) is 12.1. The second kappa shape index (κ2) is 13.3. The van der Waals surface area contributed by atoms with Gasteiger partial charge in [0.25, 0.3) is 50.6 Å². The molecule has 0 bridgehead atoms. The lowest BCUT2D eigenvalue weighted by Crippen LogP contribution is -2.65. The van der Waals surface area contributed by atoms with Gasteiger partial charge in [0.1, 0.15) is 6.61 Å². The lowest BCUT2D eigenvalue weighted by molar-refractivity contribution is -0.328. The second-order valence-corrected chi connectivity index (χ2v) is 17.3. The number of unbranched alkanes of at least 4 members (excludes halogenated alkanes) is 1. The first kappa shape index (κ1) is 36.5. The van der Waals surface area contributed by atoms with Crippen LogP contribution >= 0.6 is 0 Å². The van der Waals surface area contributed by atoms with E-state index < -0.39 is 91.3 Å². The Morgan fingerprint density at radius 2 is 1.16 bits per heavy atom. The van der Waals surface area contributed by atoms with Crippen molar-refractivity contribution in [3.63, 3.8) is 0 Å². The van der Waals surface area contributed by atoms with E-state index in [1.807, 2.05) is 0 Å². The van der Waals surface area contributed by atoms with E-state index >= 15 is 0 Å². The molecule has 0 aliphatic carbocycles. The zero-order valence-corrected chi connectivity index (χ0v) is 25.8. The van der Waals surface area contributed by atoms with E-state index in [-0.39, 0.29) is 12.8 Å². The maximum absolute atomic E-state index is 12.8. The number of hydrogen-bond donors (Lipinski definition) is 0. The largest absolute Gasteiger partial charge is 0.360 e. The Morgan fingerprint density at radius 1 is 0.676 bits per heavy atom.